The number of anilines is 2. The third kappa shape index (κ3) is 7.53. The monoisotopic (exact) mass is 545 g/mol. The molecule has 2 unspecified atom stereocenters. The number of nitrogens with two attached hydrogens (primary N) is 1. The highest BCUT2D eigenvalue weighted by molar-refractivity contribution is 7.57. The molecule has 0 radical (unpaired) electrons. The Labute approximate surface area is 222 Å². The van der Waals surface area contributed by atoms with Crippen LogP contribution in [-0.2, 0) is 25.4 Å². The molecule has 1 aromatic carbocycles. The van der Waals surface area contributed by atoms with Crippen molar-refractivity contribution in [3.05, 3.63) is 49.3 Å². The zero-order chi connectivity index (χ0) is 26.3. The molecule has 2 heterocycles. The molecule has 2 atom stereocenters. The van der Waals surface area contributed by atoms with Crippen molar-refractivity contribution in [3.63, 3.8) is 0 Å². The molecule has 1 aliphatic carbocycles. The number of carbonyl (C=O) groups excluding carboxylic acids is 1. The largest absolute Gasteiger partial charge is 0.461 e. The molecule has 2 aromatic heterocycles. The van der Waals surface area contributed by atoms with Gasteiger partial charge in [0.1, 0.15) is 24.2 Å². The van der Waals surface area contributed by atoms with Crippen LogP contribution in [0.5, 0.6) is 5.75 Å². The summed E-state index contributed by atoms with van der Waals surface area (Å²) in [7, 11) is -3.63. The van der Waals surface area contributed by atoms with Crippen LogP contribution in [0, 0.1) is 0 Å². The van der Waals surface area contributed by atoms with Gasteiger partial charge in [-0.15, -0.1) is 6.58 Å². The number of benzene rings is 1. The van der Waals surface area contributed by atoms with Gasteiger partial charge in [0.25, 0.3) is 0 Å². The predicted octanol–water partition coefficient (Wildman–Crippen LogP) is 3.96. The Morgan fingerprint density at radius 1 is 1.32 bits per heavy atom. The summed E-state index contributed by atoms with van der Waals surface area (Å²) in [6.07, 6.45) is 5.72. The first-order chi connectivity index (χ1) is 17.9. The van der Waals surface area contributed by atoms with E-state index in [9.17, 15) is 9.36 Å². The summed E-state index contributed by atoms with van der Waals surface area (Å²) in [6.45, 7) is 6.32. The summed E-state index contributed by atoms with van der Waals surface area (Å²) < 4.78 is 32.4. The Balaban J connectivity index is 0.00000400. The molecule has 0 spiro atoms. The van der Waals surface area contributed by atoms with E-state index < -0.39 is 19.5 Å². The van der Waals surface area contributed by atoms with E-state index in [2.05, 4.69) is 31.9 Å². The second kappa shape index (κ2) is 13.4. The number of fused-ring (bicyclic) bond motifs is 1. The first kappa shape index (κ1) is 29.1. The number of nitrogens with zero attached hydrogens (tertiary/aromatic N) is 4. The molecular weight excluding hydrogens is 509 g/mol. The highest BCUT2D eigenvalue weighted by atomic mass is 31.2. The lowest BCUT2D eigenvalue weighted by Crippen LogP contribution is -2.38. The van der Waals surface area contributed by atoms with Crippen molar-refractivity contribution < 1.29 is 23.4 Å². The highest BCUT2D eigenvalue weighted by Crippen LogP contribution is 2.43. The van der Waals surface area contributed by atoms with E-state index in [0.717, 1.165) is 19.3 Å². The zero-order valence-corrected chi connectivity index (χ0v) is 21.6. The third-order valence-electron chi connectivity index (χ3n) is 5.71. The number of rotatable bonds is 14. The Hall–Kier alpha value is -3.47. The van der Waals surface area contributed by atoms with Gasteiger partial charge in [-0.25, -0.2) is 10.1 Å². The summed E-state index contributed by atoms with van der Waals surface area (Å²) in [5, 5.41) is 5.91. The highest BCUT2D eigenvalue weighted by Gasteiger charge is 2.32. The van der Waals surface area contributed by atoms with E-state index in [4.69, 9.17) is 19.7 Å². The van der Waals surface area contributed by atoms with Gasteiger partial charge in [-0.05, 0) is 38.3 Å². The van der Waals surface area contributed by atoms with Gasteiger partial charge < -0.3 is 29.6 Å². The maximum absolute atomic E-state index is 13.7. The Morgan fingerprint density at radius 3 is 2.76 bits per heavy atom. The molecule has 0 bridgehead atoms. The van der Waals surface area contributed by atoms with Crippen molar-refractivity contribution in [3.8, 4) is 5.75 Å². The molecule has 0 aliphatic heterocycles. The number of para-hydroxylation sites is 1. The molecular formula is C25H36N7O5P. The number of hydrogen-bond acceptors (Lipinski definition) is 10. The van der Waals surface area contributed by atoms with E-state index >= 15 is 0 Å². The average molecular weight is 546 g/mol. The Morgan fingerprint density at radius 2 is 2.08 bits per heavy atom. The van der Waals surface area contributed by atoms with Crippen LogP contribution in [0.25, 0.3) is 11.2 Å². The van der Waals surface area contributed by atoms with Crippen molar-refractivity contribution in [1.29, 1.82) is 0 Å². The van der Waals surface area contributed by atoms with E-state index in [1.54, 1.807) is 48.2 Å². The van der Waals surface area contributed by atoms with Crippen molar-refractivity contribution in [2.45, 2.75) is 52.3 Å². The number of aromatic nitrogens is 4. The van der Waals surface area contributed by atoms with Gasteiger partial charge in [0.2, 0.25) is 5.95 Å². The van der Waals surface area contributed by atoms with E-state index in [1.807, 2.05) is 6.07 Å². The van der Waals surface area contributed by atoms with E-state index in [-0.39, 0.29) is 32.4 Å². The number of ether oxygens (including phenoxy) is 2. The smallest absolute Gasteiger partial charge is 0.342 e. The molecule has 0 amide bonds. The molecule has 1 aliphatic rings. The number of imidazole rings is 1. The number of nitrogen functional groups attached to an aromatic ring is 1. The van der Waals surface area contributed by atoms with Crippen molar-refractivity contribution in [2.75, 3.05) is 30.6 Å². The minimum Gasteiger partial charge on any atom is -0.461 e. The van der Waals surface area contributed by atoms with Gasteiger partial charge in [0.05, 0.1) is 12.9 Å². The molecule has 3 aromatic rings. The molecule has 206 valence electrons. The maximum Gasteiger partial charge on any atom is 0.342 e. The van der Waals surface area contributed by atoms with Crippen molar-refractivity contribution in [2.24, 2.45) is 0 Å². The van der Waals surface area contributed by atoms with Gasteiger partial charge in [-0.1, -0.05) is 31.7 Å². The number of carbonyl (C=O) groups is 1. The van der Waals surface area contributed by atoms with Crippen LogP contribution in [0.4, 0.5) is 11.8 Å². The Kier molecular flexibility index (Phi) is 10.2. The SMILES string of the molecule is C.C=CCNc1nc(N)nc2c1ncn2CCOCP(=O)(NC(C)C(=O)OC1CCC1)Oc1ccccc1. The maximum atomic E-state index is 13.7. The lowest BCUT2D eigenvalue weighted by atomic mass is 9.96. The van der Waals surface area contributed by atoms with Crippen LogP contribution in [0.1, 0.15) is 33.6 Å². The lowest BCUT2D eigenvalue weighted by Gasteiger charge is -2.28. The number of hydrogen-bond donors (Lipinski definition) is 3. The molecule has 12 nitrogen and oxygen atoms in total. The van der Waals surface area contributed by atoms with Crippen LogP contribution < -0.4 is 20.7 Å². The average Bonchev–Trinajstić information content (AvgIpc) is 3.25. The normalized spacial score (nSPS) is 15.5. The first-order valence-electron chi connectivity index (χ1n) is 12.1. The summed E-state index contributed by atoms with van der Waals surface area (Å²) in [5.41, 5.74) is 6.97. The standard InChI is InChI=1S/C24H32N7O5P.CH4/c1-3-12-26-21-20-22(29-24(25)28-21)31(15-27-20)13-14-34-16-37(33,36-19-8-5-4-6-9-19)30-17(2)23(32)35-18-10-7-11-18;/h3-6,8-9,15,17-18H,1,7,10-14,16H2,2H3,(H,30,33)(H3,25,26,28,29);1H4. The van der Waals surface area contributed by atoms with Crippen LogP contribution in [0.2, 0.25) is 0 Å². The van der Waals surface area contributed by atoms with Crippen molar-refractivity contribution in [1.82, 2.24) is 24.6 Å². The Bertz CT molecular complexity index is 1270. The molecule has 4 rings (SSSR count). The minimum absolute atomic E-state index is 0. The zero-order valence-electron chi connectivity index (χ0n) is 20.7. The van der Waals surface area contributed by atoms with E-state index in [1.165, 1.54) is 0 Å². The minimum atomic E-state index is -3.63. The van der Waals surface area contributed by atoms with Crippen LogP contribution in [0.15, 0.2) is 49.3 Å². The van der Waals surface area contributed by atoms with E-state index in [0.29, 0.717) is 35.8 Å². The second-order valence-corrected chi connectivity index (χ2v) is 10.7. The number of nitrogens with one attached hydrogen (secondary N) is 2. The second-order valence-electron chi connectivity index (χ2n) is 8.67. The van der Waals surface area contributed by atoms with Crippen LogP contribution in [-0.4, -0.2) is 57.1 Å². The molecule has 38 heavy (non-hydrogen) atoms. The fourth-order valence-corrected chi connectivity index (χ4v) is 5.32. The summed E-state index contributed by atoms with van der Waals surface area (Å²) >= 11 is 0. The molecule has 1 saturated carbocycles. The van der Waals surface area contributed by atoms with Gasteiger partial charge in [-0.2, -0.15) is 9.97 Å². The van der Waals surface area contributed by atoms with Gasteiger partial charge in [0, 0.05) is 13.1 Å². The lowest BCUT2D eigenvalue weighted by molar-refractivity contribution is -0.154. The fourth-order valence-electron chi connectivity index (χ4n) is 3.61. The molecule has 4 N–H and O–H groups in total. The van der Waals surface area contributed by atoms with Gasteiger partial charge in [-0.3, -0.25) is 9.36 Å². The van der Waals surface area contributed by atoms with Gasteiger partial charge >= 0.3 is 13.5 Å². The molecule has 13 heteroatoms. The molecule has 0 saturated heterocycles. The van der Waals surface area contributed by atoms with Crippen LogP contribution >= 0.6 is 7.52 Å². The first-order valence-corrected chi connectivity index (χ1v) is 13.9. The predicted molar refractivity (Wildman–Crippen MR) is 147 cm³/mol. The molecule has 1 fully saturated rings. The number of esters is 1. The van der Waals surface area contributed by atoms with Gasteiger partial charge in [0.15, 0.2) is 17.0 Å². The fraction of sp³-hybridized carbons (Fsp3) is 0.440. The van der Waals surface area contributed by atoms with Crippen LogP contribution in [0.3, 0.4) is 0 Å². The summed E-state index contributed by atoms with van der Waals surface area (Å²) in [5.74, 6) is 0.544. The van der Waals surface area contributed by atoms with Crippen molar-refractivity contribution >= 4 is 36.4 Å². The summed E-state index contributed by atoms with van der Waals surface area (Å²) in [6, 6.07) is 7.90. The summed E-state index contributed by atoms with van der Waals surface area (Å²) in [4.78, 5) is 25.3. The third-order valence-corrected chi connectivity index (χ3v) is 7.52. The topological polar surface area (TPSA) is 156 Å². The quantitative estimate of drug-likeness (QED) is 0.117.